The Labute approximate surface area is 270 Å². The van der Waals surface area contributed by atoms with Crippen molar-refractivity contribution in [3.63, 3.8) is 0 Å². The van der Waals surface area contributed by atoms with Gasteiger partial charge in [-0.15, -0.1) is 0 Å². The highest BCUT2D eigenvalue weighted by Gasteiger charge is 2.20. The number of nitrogens with two attached hydrogens (primary N) is 1. The van der Waals surface area contributed by atoms with Crippen LogP contribution in [-0.2, 0) is 0 Å². The van der Waals surface area contributed by atoms with E-state index in [4.69, 9.17) is 9.05 Å². The summed E-state index contributed by atoms with van der Waals surface area (Å²) in [6.07, 6.45) is 3.46. The third-order valence-electron chi connectivity index (χ3n) is 5.12. The Kier molecular flexibility index (Phi) is 14.3. The highest BCUT2D eigenvalue weighted by atomic mass is 16.7. The summed E-state index contributed by atoms with van der Waals surface area (Å²) in [5.41, 5.74) is 7.58. The molecule has 4 rings (SSSR count). The SMILES string of the molecule is CC#CC#CC#CC#CC#CC#CC#CC.Cc1noc(C)c1-c1cc(-c2c(C)noc2C)c2ncnn2c1.NN=NN[N+](=O)[O-].[HH].[HH].[HH].[HH]. The summed E-state index contributed by atoms with van der Waals surface area (Å²) in [4.78, 5) is 13.6. The van der Waals surface area contributed by atoms with Gasteiger partial charge in [0.1, 0.15) is 17.8 Å². The van der Waals surface area contributed by atoms with Crippen LogP contribution in [0.3, 0.4) is 0 Å². The van der Waals surface area contributed by atoms with E-state index < -0.39 is 5.03 Å². The lowest BCUT2D eigenvalue weighted by Crippen LogP contribution is -2.13. The van der Waals surface area contributed by atoms with Crippen molar-refractivity contribution >= 4 is 5.65 Å². The monoisotopic (exact) mass is 620 g/mol. The van der Waals surface area contributed by atoms with Gasteiger partial charge in [-0.25, -0.2) is 9.50 Å². The van der Waals surface area contributed by atoms with Crippen molar-refractivity contribution in [3.8, 4) is 105 Å². The van der Waals surface area contributed by atoms with Gasteiger partial charge in [-0.05, 0) is 119 Å². The topological polar surface area (TPSA) is 188 Å². The smallest absolute Gasteiger partial charge is 0.193 e. The fourth-order valence-corrected chi connectivity index (χ4v) is 3.51. The molecule has 0 saturated carbocycles. The number of aryl methyl sites for hydroxylation is 4. The molecule has 14 heteroatoms. The van der Waals surface area contributed by atoms with Crippen LogP contribution in [0.5, 0.6) is 0 Å². The average molecular weight is 621 g/mol. The number of nitrogens with zero attached hydrogens (tertiary/aromatic N) is 8. The summed E-state index contributed by atoms with van der Waals surface area (Å²) in [5.74, 6) is 41.5. The van der Waals surface area contributed by atoms with Crippen LogP contribution in [0.4, 0.5) is 0 Å². The molecule has 4 heterocycles. The summed E-state index contributed by atoms with van der Waals surface area (Å²) < 4.78 is 12.4. The van der Waals surface area contributed by atoms with Crippen LogP contribution in [0.25, 0.3) is 27.9 Å². The van der Waals surface area contributed by atoms with Gasteiger partial charge >= 0.3 is 0 Å². The number of nitro groups is 1. The lowest BCUT2D eigenvalue weighted by molar-refractivity contribution is -0.546. The summed E-state index contributed by atoms with van der Waals surface area (Å²) in [6.45, 7) is 11.1. The number of fused-ring (bicyclic) bond motifs is 1. The van der Waals surface area contributed by atoms with E-state index in [1.54, 1.807) is 18.4 Å². The molecule has 0 aromatic carbocycles. The van der Waals surface area contributed by atoms with E-state index in [1.165, 1.54) is 11.9 Å². The second-order valence-corrected chi connectivity index (χ2v) is 8.14. The van der Waals surface area contributed by atoms with Crippen LogP contribution in [-0.4, -0.2) is 29.9 Å². The first-order valence-electron chi connectivity index (χ1n) is 12.8. The first-order valence-corrected chi connectivity index (χ1v) is 12.8. The molecule has 0 bridgehead atoms. The Hall–Kier alpha value is -7.44. The van der Waals surface area contributed by atoms with E-state index in [-0.39, 0.29) is 5.71 Å². The largest absolute Gasteiger partial charge is 0.361 e. The fraction of sp³-hybridized carbons (Fsp3) is 0.188. The van der Waals surface area contributed by atoms with Gasteiger partial charge in [-0.1, -0.05) is 22.2 Å². The molecule has 3 N–H and O–H groups in total. The van der Waals surface area contributed by atoms with Gasteiger partial charge in [0.25, 0.3) is 0 Å². The number of pyridine rings is 1. The van der Waals surface area contributed by atoms with E-state index in [1.807, 2.05) is 33.9 Å². The first-order chi connectivity index (χ1) is 22.2. The predicted octanol–water partition coefficient (Wildman–Crippen LogP) is 4.32. The lowest BCUT2D eigenvalue weighted by Gasteiger charge is -2.07. The molecule has 14 nitrogen and oxygen atoms in total. The van der Waals surface area contributed by atoms with Crippen molar-refractivity contribution in [1.29, 1.82) is 0 Å². The predicted molar refractivity (Wildman–Crippen MR) is 176 cm³/mol. The summed E-state index contributed by atoms with van der Waals surface area (Å²) in [6, 6.07) is 2.06. The Morgan fingerprint density at radius 1 is 0.848 bits per heavy atom. The highest BCUT2D eigenvalue weighted by Crippen LogP contribution is 2.35. The third-order valence-corrected chi connectivity index (χ3v) is 5.12. The van der Waals surface area contributed by atoms with Crippen LogP contribution in [0.1, 0.15) is 42.5 Å². The molecule has 0 radical (unpaired) electrons. The second-order valence-electron chi connectivity index (χ2n) is 8.14. The molecule has 0 saturated heterocycles. The van der Waals surface area contributed by atoms with Crippen molar-refractivity contribution in [3.05, 3.63) is 51.6 Å². The fourth-order valence-electron chi connectivity index (χ4n) is 3.51. The number of hydrogen-bond donors (Lipinski definition) is 2. The zero-order chi connectivity index (χ0) is 33.7. The van der Waals surface area contributed by atoms with Gasteiger partial charge in [-0.2, -0.15) is 5.10 Å². The standard InChI is InChI=1S/C16H15N5O2.C16H6.H3N5O2.4H2/c1-8-14(10(3)22-19-8)12-5-13(15-9(2)20-23-11(15)4)16-17-7-18-21(16)6-12;1-3-5-7-9-11-13-15-16-14-12-10-8-6-4-2;1-2-3-4-5(6)7;;;;/h5-7H,1-4H3;1-2H3;(H2,1,3)(H,2,4);4*1H. The number of rotatable bonds is 4. The van der Waals surface area contributed by atoms with Crippen molar-refractivity contribution in [2.24, 2.45) is 16.3 Å². The van der Waals surface area contributed by atoms with Crippen molar-refractivity contribution < 1.29 is 19.8 Å². The molecule has 234 valence electrons. The molecule has 0 aliphatic carbocycles. The molecule has 0 spiro atoms. The number of hydrogen-bond acceptors (Lipinski definition) is 10. The zero-order valence-corrected chi connectivity index (χ0v) is 25.5. The molecule has 0 atom stereocenters. The van der Waals surface area contributed by atoms with Crippen LogP contribution >= 0.6 is 0 Å². The molecule has 0 fully saturated rings. The van der Waals surface area contributed by atoms with E-state index >= 15 is 0 Å². The molecular weight excluding hydrogens is 588 g/mol. The number of aromatic nitrogens is 5. The molecule has 0 aliphatic rings. The molecule has 0 unspecified atom stereocenters. The normalized spacial score (nSPS) is 8.48. The summed E-state index contributed by atoms with van der Waals surface area (Å²) >= 11 is 0. The molecule has 4 aromatic heterocycles. The van der Waals surface area contributed by atoms with Crippen molar-refractivity contribution in [2.75, 3.05) is 0 Å². The van der Waals surface area contributed by atoms with Crippen LogP contribution in [0, 0.1) is 121 Å². The van der Waals surface area contributed by atoms with Gasteiger partial charge in [-0.3, -0.25) is 5.84 Å². The first kappa shape index (κ1) is 34.8. The molecular formula is C32H32N10O4. The van der Waals surface area contributed by atoms with E-state index in [2.05, 4.69) is 126 Å². The number of nitrogens with one attached hydrogen (secondary N) is 1. The van der Waals surface area contributed by atoms with Gasteiger partial charge in [0.2, 0.25) is 0 Å². The Morgan fingerprint density at radius 3 is 1.72 bits per heavy atom. The highest BCUT2D eigenvalue weighted by molar-refractivity contribution is 5.84. The summed E-state index contributed by atoms with van der Waals surface area (Å²) in [5, 5.41) is 25.9. The van der Waals surface area contributed by atoms with Crippen LogP contribution in [0.15, 0.2) is 38.1 Å². The van der Waals surface area contributed by atoms with Gasteiger partial charge in [0.05, 0.1) is 27.2 Å². The van der Waals surface area contributed by atoms with Crippen LogP contribution in [0.2, 0.25) is 0 Å². The van der Waals surface area contributed by atoms with Crippen molar-refractivity contribution in [1.82, 2.24) is 30.4 Å². The number of hydrazine groups is 1. The average Bonchev–Trinajstić information content (AvgIpc) is 3.74. The Bertz CT molecular complexity index is 2110. The lowest BCUT2D eigenvalue weighted by atomic mass is 9.99. The maximum absolute atomic E-state index is 9.24. The van der Waals surface area contributed by atoms with Crippen LogP contribution < -0.4 is 11.4 Å². The molecule has 0 aliphatic heterocycles. The van der Waals surface area contributed by atoms with Gasteiger partial charge in [0, 0.05) is 34.1 Å². The second kappa shape index (κ2) is 18.9. The maximum atomic E-state index is 9.24. The minimum atomic E-state index is -0.879. The summed E-state index contributed by atoms with van der Waals surface area (Å²) in [7, 11) is 0. The van der Waals surface area contributed by atoms with E-state index in [9.17, 15) is 10.1 Å². The van der Waals surface area contributed by atoms with Gasteiger partial charge in [0.15, 0.2) is 10.9 Å². The van der Waals surface area contributed by atoms with Crippen molar-refractivity contribution in [2.45, 2.75) is 41.5 Å². The minimum absolute atomic E-state index is 0. The molecule has 46 heavy (non-hydrogen) atoms. The molecule has 4 aromatic rings. The molecule has 0 amide bonds. The van der Waals surface area contributed by atoms with E-state index in [0.717, 1.165) is 50.8 Å². The maximum Gasteiger partial charge on any atom is 0.193 e. The zero-order valence-electron chi connectivity index (χ0n) is 25.5. The Morgan fingerprint density at radius 2 is 1.33 bits per heavy atom. The third kappa shape index (κ3) is 10.8. The van der Waals surface area contributed by atoms with E-state index in [0.29, 0.717) is 0 Å². The quantitative estimate of drug-likeness (QED) is 0.109. The minimum Gasteiger partial charge on any atom is -0.361 e. The Balaban J connectivity index is -0.000000726. The van der Waals surface area contributed by atoms with Gasteiger partial charge < -0.3 is 19.2 Å².